The van der Waals surface area contributed by atoms with Crippen LogP contribution >= 0.6 is 0 Å². The smallest absolute Gasteiger partial charge is 0.253 e. The zero-order chi connectivity index (χ0) is 18.4. The first-order valence-corrected chi connectivity index (χ1v) is 9.33. The first-order chi connectivity index (χ1) is 13.2. The number of nitrogens with zero attached hydrogens (tertiary/aromatic N) is 2. The molecule has 0 unspecified atom stereocenters. The Balaban J connectivity index is 1.30. The van der Waals surface area contributed by atoms with Crippen LogP contribution in [0.4, 0.5) is 5.69 Å². The van der Waals surface area contributed by atoms with Crippen molar-refractivity contribution in [3.8, 4) is 0 Å². The van der Waals surface area contributed by atoms with Crippen LogP contribution in [0.2, 0.25) is 0 Å². The van der Waals surface area contributed by atoms with Gasteiger partial charge in [-0.05, 0) is 54.2 Å². The van der Waals surface area contributed by atoms with Gasteiger partial charge in [-0.1, -0.05) is 6.07 Å². The third-order valence-electron chi connectivity index (χ3n) is 5.69. The Morgan fingerprint density at radius 3 is 2.89 bits per heavy atom. The number of fused-ring (bicyclic) bond motifs is 2. The van der Waals surface area contributed by atoms with Crippen LogP contribution in [0.3, 0.4) is 0 Å². The topological polar surface area (TPSA) is 78.1 Å². The van der Waals surface area contributed by atoms with E-state index in [0.29, 0.717) is 17.9 Å². The number of amides is 2. The molecule has 5 rings (SSSR count). The van der Waals surface area contributed by atoms with E-state index in [1.54, 1.807) is 12.3 Å². The number of pyridine rings is 1. The van der Waals surface area contributed by atoms with Crippen molar-refractivity contribution in [2.24, 2.45) is 0 Å². The molecule has 0 spiro atoms. The highest BCUT2D eigenvalue weighted by molar-refractivity contribution is 6.02. The summed E-state index contributed by atoms with van der Waals surface area (Å²) >= 11 is 0. The summed E-state index contributed by atoms with van der Waals surface area (Å²) in [7, 11) is 0. The fourth-order valence-corrected chi connectivity index (χ4v) is 4.24. The highest BCUT2D eigenvalue weighted by Gasteiger charge is 2.27. The monoisotopic (exact) mass is 360 g/mol. The average Bonchev–Trinajstić information content (AvgIpc) is 3.29. The number of nitrogens with one attached hydrogen (secondary N) is 2. The Labute approximate surface area is 156 Å². The van der Waals surface area contributed by atoms with Gasteiger partial charge >= 0.3 is 0 Å². The molecule has 136 valence electrons. The van der Waals surface area contributed by atoms with Crippen LogP contribution in [0.1, 0.15) is 40.2 Å². The van der Waals surface area contributed by atoms with Gasteiger partial charge in [0.1, 0.15) is 5.65 Å². The molecule has 0 atom stereocenters. The Kier molecular flexibility index (Phi) is 3.70. The van der Waals surface area contributed by atoms with E-state index in [9.17, 15) is 9.59 Å². The fourth-order valence-electron chi connectivity index (χ4n) is 4.24. The van der Waals surface area contributed by atoms with Crippen LogP contribution < -0.4 is 5.32 Å². The van der Waals surface area contributed by atoms with Crippen LogP contribution in [-0.2, 0) is 11.2 Å². The van der Waals surface area contributed by atoms with E-state index >= 15 is 0 Å². The summed E-state index contributed by atoms with van der Waals surface area (Å²) in [6.45, 7) is 1.47. The minimum Gasteiger partial charge on any atom is -0.346 e. The molecule has 0 saturated carbocycles. The van der Waals surface area contributed by atoms with Crippen molar-refractivity contribution in [1.82, 2.24) is 14.9 Å². The molecule has 3 aromatic rings. The van der Waals surface area contributed by atoms with Crippen molar-refractivity contribution in [3.63, 3.8) is 0 Å². The lowest BCUT2D eigenvalue weighted by Gasteiger charge is -2.32. The van der Waals surface area contributed by atoms with Crippen molar-refractivity contribution in [3.05, 3.63) is 59.4 Å². The molecule has 4 heterocycles. The van der Waals surface area contributed by atoms with Crippen molar-refractivity contribution in [2.75, 3.05) is 18.4 Å². The predicted molar refractivity (Wildman–Crippen MR) is 103 cm³/mol. The minimum atomic E-state index is -0.0105. The minimum absolute atomic E-state index is 0.0105. The van der Waals surface area contributed by atoms with Crippen LogP contribution in [0.25, 0.3) is 11.0 Å². The van der Waals surface area contributed by atoms with E-state index < -0.39 is 0 Å². The molecule has 1 fully saturated rings. The highest BCUT2D eigenvalue weighted by Crippen LogP contribution is 2.33. The van der Waals surface area contributed by atoms with Gasteiger partial charge in [-0.25, -0.2) is 4.98 Å². The number of aromatic nitrogens is 2. The van der Waals surface area contributed by atoms with Gasteiger partial charge in [0.25, 0.3) is 5.91 Å². The average molecular weight is 360 g/mol. The Morgan fingerprint density at radius 2 is 2.04 bits per heavy atom. The Bertz CT molecular complexity index is 1050. The molecule has 2 aliphatic heterocycles. The number of anilines is 1. The molecule has 2 aromatic heterocycles. The number of carbonyl (C=O) groups is 2. The molecule has 0 bridgehead atoms. The highest BCUT2D eigenvalue weighted by atomic mass is 16.2. The second kappa shape index (κ2) is 6.23. The van der Waals surface area contributed by atoms with E-state index in [1.165, 1.54) is 10.9 Å². The van der Waals surface area contributed by atoms with Crippen molar-refractivity contribution in [1.29, 1.82) is 0 Å². The molecule has 6 heteroatoms. The third kappa shape index (κ3) is 2.77. The second-order valence-electron chi connectivity index (χ2n) is 7.31. The summed E-state index contributed by atoms with van der Waals surface area (Å²) in [6.07, 6.45) is 6.13. The first kappa shape index (κ1) is 16.1. The lowest BCUT2D eigenvalue weighted by molar-refractivity contribution is -0.115. The zero-order valence-corrected chi connectivity index (χ0v) is 14.9. The van der Waals surface area contributed by atoms with E-state index in [2.05, 4.69) is 27.5 Å². The molecule has 2 N–H and O–H groups in total. The summed E-state index contributed by atoms with van der Waals surface area (Å²) in [5.74, 6) is 0.466. The molecule has 1 aromatic carbocycles. The van der Waals surface area contributed by atoms with Gasteiger partial charge < -0.3 is 15.2 Å². The van der Waals surface area contributed by atoms with Gasteiger partial charge in [-0.15, -0.1) is 0 Å². The molecule has 6 nitrogen and oxygen atoms in total. The molecule has 2 aliphatic rings. The molecule has 0 aliphatic carbocycles. The van der Waals surface area contributed by atoms with Crippen LogP contribution in [0.15, 0.2) is 42.7 Å². The molecular weight excluding hydrogens is 340 g/mol. The van der Waals surface area contributed by atoms with Gasteiger partial charge in [0.2, 0.25) is 5.91 Å². The van der Waals surface area contributed by atoms with E-state index in [0.717, 1.165) is 42.8 Å². The maximum absolute atomic E-state index is 12.9. The fraction of sp³-hybridized carbons (Fsp3) is 0.286. The standard InChI is InChI=1S/C21H20N4O2/c26-19-11-14-3-4-15(10-18(14)24-19)21(27)25-8-5-13(6-9-25)17-12-23-20-16(17)2-1-7-22-20/h1-4,7,10,12-13H,5-6,8-9,11H2,(H,22,23)(H,24,26). The lowest BCUT2D eigenvalue weighted by atomic mass is 9.89. The number of piperidine rings is 1. The van der Waals surface area contributed by atoms with Gasteiger partial charge in [0, 0.05) is 42.1 Å². The van der Waals surface area contributed by atoms with E-state index in [4.69, 9.17) is 0 Å². The molecule has 1 saturated heterocycles. The maximum atomic E-state index is 12.9. The molecule has 0 radical (unpaired) electrons. The van der Waals surface area contributed by atoms with Crippen molar-refractivity contribution >= 4 is 28.5 Å². The quantitative estimate of drug-likeness (QED) is 0.737. The number of aromatic amines is 1. The number of hydrogen-bond donors (Lipinski definition) is 2. The first-order valence-electron chi connectivity index (χ1n) is 9.33. The van der Waals surface area contributed by atoms with Gasteiger partial charge in [0.05, 0.1) is 6.42 Å². The van der Waals surface area contributed by atoms with Gasteiger partial charge in [-0.2, -0.15) is 0 Å². The SMILES string of the molecule is O=C1Cc2ccc(C(=O)N3CCC(c4c[nH]c5ncccc45)CC3)cc2N1. The number of H-pyrrole nitrogens is 1. The maximum Gasteiger partial charge on any atom is 0.253 e. The summed E-state index contributed by atoms with van der Waals surface area (Å²) in [5, 5.41) is 4.00. The number of rotatable bonds is 2. The van der Waals surface area contributed by atoms with E-state index in [1.807, 2.05) is 23.1 Å². The molecular formula is C21H20N4O2. The zero-order valence-electron chi connectivity index (χ0n) is 14.9. The van der Waals surface area contributed by atoms with Crippen LogP contribution in [0, 0.1) is 0 Å². The normalized spacial score (nSPS) is 17.2. The number of benzene rings is 1. The lowest BCUT2D eigenvalue weighted by Crippen LogP contribution is -2.37. The van der Waals surface area contributed by atoms with E-state index in [-0.39, 0.29) is 11.8 Å². The summed E-state index contributed by atoms with van der Waals surface area (Å²) in [4.78, 5) is 33.9. The summed E-state index contributed by atoms with van der Waals surface area (Å²) < 4.78 is 0. The Morgan fingerprint density at radius 1 is 1.19 bits per heavy atom. The molecule has 2 amide bonds. The third-order valence-corrected chi connectivity index (χ3v) is 5.69. The predicted octanol–water partition coefficient (Wildman–Crippen LogP) is 3.08. The Hall–Kier alpha value is -3.15. The van der Waals surface area contributed by atoms with Crippen LogP contribution in [-0.4, -0.2) is 39.8 Å². The van der Waals surface area contributed by atoms with Crippen LogP contribution in [0.5, 0.6) is 0 Å². The second-order valence-corrected chi connectivity index (χ2v) is 7.31. The number of carbonyl (C=O) groups excluding carboxylic acids is 2. The largest absolute Gasteiger partial charge is 0.346 e. The molecule has 27 heavy (non-hydrogen) atoms. The van der Waals surface area contributed by atoms with Gasteiger partial charge in [-0.3, -0.25) is 9.59 Å². The van der Waals surface area contributed by atoms with Crippen molar-refractivity contribution in [2.45, 2.75) is 25.2 Å². The van der Waals surface area contributed by atoms with Gasteiger partial charge in [0.15, 0.2) is 0 Å². The summed E-state index contributed by atoms with van der Waals surface area (Å²) in [5.41, 5.74) is 4.59. The number of likely N-dealkylation sites (tertiary alicyclic amines) is 1. The van der Waals surface area contributed by atoms with Crippen molar-refractivity contribution < 1.29 is 9.59 Å². The number of hydrogen-bond acceptors (Lipinski definition) is 3. The summed E-state index contributed by atoms with van der Waals surface area (Å²) in [6, 6.07) is 9.58.